The summed E-state index contributed by atoms with van der Waals surface area (Å²) in [6.45, 7) is 6.23. The molecule has 0 bridgehead atoms. The van der Waals surface area contributed by atoms with Gasteiger partial charge in [0.2, 0.25) is 0 Å². The largest absolute Gasteiger partial charge is 0.385 e. The molecule has 0 heterocycles. The molecule has 4 heteroatoms. The SMILES string of the molecule is CCCNC(c1ccc(Br)c(Cl)c1)C(C)CCOC. The van der Waals surface area contributed by atoms with Crippen LogP contribution in [0.4, 0.5) is 0 Å². The predicted molar refractivity (Wildman–Crippen MR) is 85.8 cm³/mol. The summed E-state index contributed by atoms with van der Waals surface area (Å²) in [5, 5.41) is 4.38. The molecule has 2 unspecified atom stereocenters. The van der Waals surface area contributed by atoms with Gasteiger partial charge >= 0.3 is 0 Å². The maximum atomic E-state index is 6.20. The first kappa shape index (κ1) is 17.0. The summed E-state index contributed by atoms with van der Waals surface area (Å²) in [5.41, 5.74) is 1.24. The second-order valence-corrected chi connectivity index (χ2v) is 6.13. The molecule has 108 valence electrons. The summed E-state index contributed by atoms with van der Waals surface area (Å²) in [4.78, 5) is 0. The van der Waals surface area contributed by atoms with Crippen LogP contribution < -0.4 is 5.32 Å². The van der Waals surface area contributed by atoms with Crippen LogP contribution in [0.15, 0.2) is 22.7 Å². The lowest BCUT2D eigenvalue weighted by atomic mass is 9.92. The molecule has 0 aromatic heterocycles. The third-order valence-corrected chi connectivity index (χ3v) is 4.50. The van der Waals surface area contributed by atoms with Crippen LogP contribution in [-0.4, -0.2) is 20.3 Å². The molecule has 1 aromatic carbocycles. The molecule has 0 saturated carbocycles. The second-order valence-electron chi connectivity index (χ2n) is 4.86. The van der Waals surface area contributed by atoms with E-state index in [1.807, 2.05) is 12.1 Å². The first-order valence-electron chi connectivity index (χ1n) is 6.77. The maximum absolute atomic E-state index is 6.20. The highest BCUT2D eigenvalue weighted by Crippen LogP contribution is 2.30. The van der Waals surface area contributed by atoms with Gasteiger partial charge in [-0.15, -0.1) is 0 Å². The van der Waals surface area contributed by atoms with Crippen molar-refractivity contribution in [3.05, 3.63) is 33.3 Å². The molecule has 1 rings (SSSR count). The van der Waals surface area contributed by atoms with Gasteiger partial charge in [0.05, 0.1) is 5.02 Å². The lowest BCUT2D eigenvalue weighted by molar-refractivity contribution is 0.170. The standard InChI is InChI=1S/C15H23BrClNO/c1-4-8-18-15(11(2)7-9-19-3)12-5-6-13(16)14(17)10-12/h5-6,10-11,15,18H,4,7-9H2,1-3H3. The maximum Gasteiger partial charge on any atom is 0.0551 e. The van der Waals surface area contributed by atoms with Gasteiger partial charge in [0.25, 0.3) is 0 Å². The molecule has 1 aromatic rings. The number of rotatable bonds is 8. The van der Waals surface area contributed by atoms with Gasteiger partial charge in [-0.05, 0) is 58.9 Å². The Balaban J connectivity index is 2.84. The first-order valence-corrected chi connectivity index (χ1v) is 7.94. The predicted octanol–water partition coefficient (Wildman–Crippen LogP) is 4.82. The van der Waals surface area contributed by atoms with E-state index in [0.29, 0.717) is 12.0 Å². The normalized spacial score (nSPS) is 14.4. The molecule has 0 aliphatic heterocycles. The molecule has 0 fully saturated rings. The molecule has 19 heavy (non-hydrogen) atoms. The van der Waals surface area contributed by atoms with Crippen LogP contribution in [0, 0.1) is 5.92 Å². The topological polar surface area (TPSA) is 21.3 Å². The van der Waals surface area contributed by atoms with Crippen LogP contribution in [0.25, 0.3) is 0 Å². The van der Waals surface area contributed by atoms with Crippen molar-refractivity contribution in [3.63, 3.8) is 0 Å². The van der Waals surface area contributed by atoms with E-state index < -0.39 is 0 Å². The van der Waals surface area contributed by atoms with E-state index in [2.05, 4.69) is 41.2 Å². The number of nitrogens with one attached hydrogen (secondary N) is 1. The van der Waals surface area contributed by atoms with Crippen LogP contribution in [0.1, 0.15) is 38.3 Å². The highest BCUT2D eigenvalue weighted by Gasteiger charge is 2.19. The summed E-state index contributed by atoms with van der Waals surface area (Å²) in [7, 11) is 1.75. The van der Waals surface area contributed by atoms with Crippen molar-refractivity contribution in [2.75, 3.05) is 20.3 Å². The monoisotopic (exact) mass is 347 g/mol. The number of hydrogen-bond acceptors (Lipinski definition) is 2. The third-order valence-electron chi connectivity index (χ3n) is 3.26. The van der Waals surface area contributed by atoms with Crippen molar-refractivity contribution in [2.24, 2.45) is 5.92 Å². The summed E-state index contributed by atoms with van der Waals surface area (Å²) in [6, 6.07) is 6.51. The molecular formula is C15H23BrClNO. The van der Waals surface area contributed by atoms with Gasteiger partial charge in [-0.25, -0.2) is 0 Å². The molecule has 2 nitrogen and oxygen atoms in total. The average Bonchev–Trinajstić information content (AvgIpc) is 2.40. The molecule has 0 amide bonds. The van der Waals surface area contributed by atoms with Gasteiger partial charge in [0, 0.05) is 24.2 Å². The molecule has 0 radical (unpaired) electrons. The zero-order valence-electron chi connectivity index (χ0n) is 11.9. The van der Waals surface area contributed by atoms with Crippen molar-refractivity contribution in [2.45, 2.75) is 32.7 Å². The van der Waals surface area contributed by atoms with E-state index in [4.69, 9.17) is 16.3 Å². The van der Waals surface area contributed by atoms with Crippen LogP contribution in [0.3, 0.4) is 0 Å². The van der Waals surface area contributed by atoms with Crippen molar-refractivity contribution in [1.82, 2.24) is 5.32 Å². The average molecular weight is 349 g/mol. The highest BCUT2D eigenvalue weighted by atomic mass is 79.9. The van der Waals surface area contributed by atoms with Gasteiger partial charge < -0.3 is 10.1 Å². The Hall–Kier alpha value is -0.0900. The van der Waals surface area contributed by atoms with E-state index >= 15 is 0 Å². The molecule has 0 saturated heterocycles. The lowest BCUT2D eigenvalue weighted by Crippen LogP contribution is -2.28. The van der Waals surface area contributed by atoms with Crippen LogP contribution in [0.5, 0.6) is 0 Å². The van der Waals surface area contributed by atoms with E-state index in [1.54, 1.807) is 7.11 Å². The molecule has 1 N–H and O–H groups in total. The zero-order valence-corrected chi connectivity index (χ0v) is 14.2. The second kappa shape index (κ2) is 8.96. The Morgan fingerprint density at radius 1 is 1.42 bits per heavy atom. The van der Waals surface area contributed by atoms with Crippen LogP contribution in [-0.2, 0) is 4.74 Å². The fraction of sp³-hybridized carbons (Fsp3) is 0.600. The number of methoxy groups -OCH3 is 1. The van der Waals surface area contributed by atoms with Crippen molar-refractivity contribution >= 4 is 27.5 Å². The Bertz CT molecular complexity index is 386. The summed E-state index contributed by atoms with van der Waals surface area (Å²) in [5.74, 6) is 0.503. The molecule has 0 aliphatic rings. The zero-order chi connectivity index (χ0) is 14.3. The Kier molecular flexibility index (Phi) is 8.00. The highest BCUT2D eigenvalue weighted by molar-refractivity contribution is 9.10. The van der Waals surface area contributed by atoms with Crippen molar-refractivity contribution in [1.29, 1.82) is 0 Å². The number of halogens is 2. The molecular weight excluding hydrogens is 326 g/mol. The fourth-order valence-electron chi connectivity index (χ4n) is 2.12. The smallest absolute Gasteiger partial charge is 0.0551 e. The molecule has 0 spiro atoms. The van der Waals surface area contributed by atoms with Gasteiger partial charge in [-0.2, -0.15) is 0 Å². The minimum atomic E-state index is 0.320. The summed E-state index contributed by atoms with van der Waals surface area (Å²) < 4.78 is 6.13. The van der Waals surface area contributed by atoms with Gasteiger partial charge in [0.1, 0.15) is 0 Å². The Morgan fingerprint density at radius 3 is 2.74 bits per heavy atom. The van der Waals surface area contributed by atoms with Crippen LogP contribution in [0.2, 0.25) is 5.02 Å². The van der Waals surface area contributed by atoms with Gasteiger partial charge in [-0.3, -0.25) is 0 Å². The van der Waals surface area contributed by atoms with Gasteiger partial charge in [0.15, 0.2) is 0 Å². The third kappa shape index (κ3) is 5.42. The fourth-order valence-corrected chi connectivity index (χ4v) is 2.56. The minimum Gasteiger partial charge on any atom is -0.385 e. The van der Waals surface area contributed by atoms with E-state index in [9.17, 15) is 0 Å². The van der Waals surface area contributed by atoms with Crippen LogP contribution >= 0.6 is 27.5 Å². The van der Waals surface area contributed by atoms with E-state index in [-0.39, 0.29) is 0 Å². The van der Waals surface area contributed by atoms with E-state index in [0.717, 1.165) is 35.5 Å². The number of hydrogen-bond donors (Lipinski definition) is 1. The lowest BCUT2D eigenvalue weighted by Gasteiger charge is -2.26. The Morgan fingerprint density at radius 2 is 2.16 bits per heavy atom. The van der Waals surface area contributed by atoms with Crippen molar-refractivity contribution < 1.29 is 4.74 Å². The minimum absolute atomic E-state index is 0.320. The number of ether oxygens (including phenoxy) is 1. The van der Waals surface area contributed by atoms with Gasteiger partial charge in [-0.1, -0.05) is 31.5 Å². The first-order chi connectivity index (χ1) is 9.10. The quantitative estimate of drug-likeness (QED) is 0.727. The Labute approximate surface area is 130 Å². The summed E-state index contributed by atoms with van der Waals surface area (Å²) >= 11 is 9.64. The van der Waals surface area contributed by atoms with E-state index in [1.165, 1.54) is 5.56 Å². The van der Waals surface area contributed by atoms with Crippen molar-refractivity contribution in [3.8, 4) is 0 Å². The molecule has 0 aliphatic carbocycles. The molecule has 2 atom stereocenters. The summed E-state index contributed by atoms with van der Waals surface area (Å²) in [6.07, 6.45) is 2.16. The number of benzene rings is 1.